The minimum Gasteiger partial charge on any atom is -0.465 e. The summed E-state index contributed by atoms with van der Waals surface area (Å²) in [6.45, 7) is 2.58. The Hall–Kier alpha value is -2.33. The van der Waals surface area contributed by atoms with Gasteiger partial charge in [0, 0.05) is 16.6 Å². The number of nitrogens with one attached hydrogen (secondary N) is 1. The van der Waals surface area contributed by atoms with Crippen molar-refractivity contribution < 1.29 is 4.42 Å². The van der Waals surface area contributed by atoms with Crippen molar-refractivity contribution in [3.8, 4) is 0 Å². The molecule has 3 N–H and O–H groups in total. The second-order valence-corrected chi connectivity index (χ2v) is 5.38. The molecule has 0 aliphatic rings. The third kappa shape index (κ3) is 2.76. The van der Waals surface area contributed by atoms with Gasteiger partial charge in [0.25, 0.3) is 0 Å². The molecule has 0 bridgehead atoms. The molecule has 1 aromatic heterocycles. The lowest BCUT2D eigenvalue weighted by atomic mass is 10.0. The molecule has 3 rings (SSSR count). The first-order valence-electron chi connectivity index (χ1n) is 6.76. The van der Waals surface area contributed by atoms with Gasteiger partial charge in [-0.25, -0.2) is 0 Å². The van der Waals surface area contributed by atoms with Gasteiger partial charge in [-0.15, -0.1) is 0 Å². The van der Waals surface area contributed by atoms with Crippen molar-refractivity contribution in [3.63, 3.8) is 0 Å². The van der Waals surface area contributed by atoms with Crippen molar-refractivity contribution in [2.75, 3.05) is 5.32 Å². The highest BCUT2D eigenvalue weighted by Gasteiger charge is 2.08. The predicted octanol–water partition coefficient (Wildman–Crippen LogP) is 3.99. The van der Waals surface area contributed by atoms with E-state index in [2.05, 4.69) is 11.4 Å². The van der Waals surface area contributed by atoms with Gasteiger partial charge in [-0.05, 0) is 36.6 Å². The molecule has 2 aromatic carbocycles. The second kappa shape index (κ2) is 5.58. The summed E-state index contributed by atoms with van der Waals surface area (Å²) in [6, 6.07) is 16.0. The summed E-state index contributed by atoms with van der Waals surface area (Å²) in [4.78, 5) is 0.416. The summed E-state index contributed by atoms with van der Waals surface area (Å²) in [5, 5.41) is 5.57. The summed E-state index contributed by atoms with van der Waals surface area (Å²) < 4.78 is 5.58. The Morgan fingerprint density at radius 1 is 1.10 bits per heavy atom. The number of anilines is 1. The third-order valence-electron chi connectivity index (χ3n) is 3.44. The fourth-order valence-electron chi connectivity index (χ4n) is 2.43. The van der Waals surface area contributed by atoms with E-state index in [1.807, 2.05) is 49.4 Å². The van der Waals surface area contributed by atoms with E-state index >= 15 is 0 Å². The van der Waals surface area contributed by atoms with Crippen LogP contribution in [0.1, 0.15) is 17.1 Å². The largest absolute Gasteiger partial charge is 0.465 e. The third-order valence-corrected chi connectivity index (χ3v) is 3.66. The number of rotatable bonds is 4. The van der Waals surface area contributed by atoms with Crippen LogP contribution in [0.4, 0.5) is 5.69 Å². The van der Waals surface area contributed by atoms with Crippen LogP contribution in [-0.4, -0.2) is 4.99 Å². The Morgan fingerprint density at radius 2 is 1.86 bits per heavy atom. The maximum Gasteiger partial charge on any atom is 0.123 e. The normalized spacial score (nSPS) is 10.7. The highest BCUT2D eigenvalue weighted by molar-refractivity contribution is 7.80. The quantitative estimate of drug-likeness (QED) is 0.715. The van der Waals surface area contributed by atoms with Gasteiger partial charge in [0.05, 0.1) is 6.54 Å². The zero-order valence-electron chi connectivity index (χ0n) is 11.7. The zero-order chi connectivity index (χ0) is 14.8. The van der Waals surface area contributed by atoms with Gasteiger partial charge in [-0.2, -0.15) is 0 Å². The Bertz CT molecular complexity index is 807. The lowest BCUT2D eigenvalue weighted by Gasteiger charge is -2.11. The Kier molecular flexibility index (Phi) is 3.62. The van der Waals surface area contributed by atoms with E-state index in [4.69, 9.17) is 22.4 Å². The standard InChI is InChI=1S/C17H16N2OS/c1-11-6-7-12(20-11)10-19-16-9-8-15(17(18)21)13-4-2-3-5-14(13)16/h2-9,19H,10H2,1H3,(H2,18,21). The molecule has 3 aromatic rings. The lowest BCUT2D eigenvalue weighted by molar-refractivity contribution is 0.490. The molecule has 0 radical (unpaired) electrons. The molecule has 106 valence electrons. The Labute approximate surface area is 128 Å². The fraction of sp³-hybridized carbons (Fsp3) is 0.118. The van der Waals surface area contributed by atoms with Gasteiger partial charge in [0.1, 0.15) is 16.5 Å². The van der Waals surface area contributed by atoms with Crippen LogP contribution in [0.25, 0.3) is 10.8 Å². The zero-order valence-corrected chi connectivity index (χ0v) is 12.5. The molecule has 0 fully saturated rings. The summed E-state index contributed by atoms with van der Waals surface area (Å²) >= 11 is 5.12. The van der Waals surface area contributed by atoms with Gasteiger partial charge < -0.3 is 15.5 Å². The van der Waals surface area contributed by atoms with Gasteiger partial charge in [-0.3, -0.25) is 0 Å². The van der Waals surface area contributed by atoms with E-state index in [9.17, 15) is 0 Å². The van der Waals surface area contributed by atoms with Crippen LogP contribution in [0.5, 0.6) is 0 Å². The van der Waals surface area contributed by atoms with E-state index in [1.165, 1.54) is 0 Å². The summed E-state index contributed by atoms with van der Waals surface area (Å²) in [7, 11) is 0. The molecule has 4 heteroatoms. The number of hydrogen-bond acceptors (Lipinski definition) is 3. The molecule has 0 unspecified atom stereocenters. The number of benzene rings is 2. The van der Waals surface area contributed by atoms with Crippen LogP contribution in [0.15, 0.2) is 52.9 Å². The second-order valence-electron chi connectivity index (χ2n) is 4.94. The molecule has 0 aliphatic carbocycles. The van der Waals surface area contributed by atoms with Crippen LogP contribution >= 0.6 is 12.2 Å². The van der Waals surface area contributed by atoms with Crippen molar-refractivity contribution in [1.82, 2.24) is 0 Å². The van der Waals surface area contributed by atoms with E-state index in [0.29, 0.717) is 11.5 Å². The highest BCUT2D eigenvalue weighted by Crippen LogP contribution is 2.27. The number of hydrogen-bond donors (Lipinski definition) is 2. The van der Waals surface area contributed by atoms with Gasteiger partial charge in [0.15, 0.2) is 0 Å². The van der Waals surface area contributed by atoms with Crippen molar-refractivity contribution in [2.45, 2.75) is 13.5 Å². The minimum absolute atomic E-state index is 0.416. The number of thiocarbonyl (C=S) groups is 1. The Morgan fingerprint density at radius 3 is 2.52 bits per heavy atom. The molecule has 1 heterocycles. The average Bonchev–Trinajstić information content (AvgIpc) is 2.90. The SMILES string of the molecule is Cc1ccc(CNc2ccc(C(N)=S)c3ccccc23)o1. The summed E-state index contributed by atoms with van der Waals surface area (Å²) in [5.41, 5.74) is 7.74. The van der Waals surface area contributed by atoms with Crippen LogP contribution < -0.4 is 11.1 Å². The van der Waals surface area contributed by atoms with Gasteiger partial charge in [0.2, 0.25) is 0 Å². The molecule has 0 aliphatic heterocycles. The van der Waals surface area contributed by atoms with Crippen molar-refractivity contribution in [3.05, 3.63) is 65.6 Å². The molecule has 21 heavy (non-hydrogen) atoms. The Balaban J connectivity index is 1.96. The fourth-order valence-corrected chi connectivity index (χ4v) is 2.61. The predicted molar refractivity (Wildman–Crippen MR) is 90.6 cm³/mol. The van der Waals surface area contributed by atoms with E-state index in [0.717, 1.165) is 33.5 Å². The summed E-state index contributed by atoms with van der Waals surface area (Å²) in [5.74, 6) is 1.83. The average molecular weight is 296 g/mol. The number of furan rings is 1. The van der Waals surface area contributed by atoms with Gasteiger partial charge >= 0.3 is 0 Å². The van der Waals surface area contributed by atoms with Crippen molar-refractivity contribution in [2.24, 2.45) is 5.73 Å². The topological polar surface area (TPSA) is 51.2 Å². The van der Waals surface area contributed by atoms with Crippen molar-refractivity contribution in [1.29, 1.82) is 0 Å². The molecule has 0 saturated carbocycles. The highest BCUT2D eigenvalue weighted by atomic mass is 32.1. The first-order chi connectivity index (χ1) is 10.1. The van der Waals surface area contributed by atoms with Crippen LogP contribution in [0.3, 0.4) is 0 Å². The van der Waals surface area contributed by atoms with Crippen LogP contribution in [-0.2, 0) is 6.54 Å². The lowest BCUT2D eigenvalue weighted by Crippen LogP contribution is -2.10. The molecule has 0 saturated heterocycles. The molecule has 3 nitrogen and oxygen atoms in total. The number of nitrogens with two attached hydrogens (primary N) is 1. The molecular weight excluding hydrogens is 280 g/mol. The smallest absolute Gasteiger partial charge is 0.123 e. The van der Waals surface area contributed by atoms with E-state index < -0.39 is 0 Å². The number of aryl methyl sites for hydroxylation is 1. The molecule has 0 atom stereocenters. The molecular formula is C17H16N2OS. The monoisotopic (exact) mass is 296 g/mol. The molecule has 0 amide bonds. The van der Waals surface area contributed by atoms with Crippen LogP contribution in [0, 0.1) is 6.92 Å². The summed E-state index contributed by atoms with van der Waals surface area (Å²) in [6.07, 6.45) is 0. The van der Waals surface area contributed by atoms with Crippen LogP contribution in [0.2, 0.25) is 0 Å². The maximum atomic E-state index is 5.79. The van der Waals surface area contributed by atoms with E-state index in [-0.39, 0.29) is 0 Å². The first kappa shape index (κ1) is 13.6. The van der Waals surface area contributed by atoms with Crippen molar-refractivity contribution >= 4 is 33.7 Å². The minimum atomic E-state index is 0.416. The molecule has 0 spiro atoms. The van der Waals surface area contributed by atoms with Gasteiger partial charge in [-0.1, -0.05) is 36.5 Å². The number of fused-ring (bicyclic) bond motifs is 1. The first-order valence-corrected chi connectivity index (χ1v) is 7.17. The van der Waals surface area contributed by atoms with E-state index in [1.54, 1.807) is 0 Å². The maximum absolute atomic E-state index is 5.79.